The number of H-pyrrole nitrogens is 1. The van der Waals surface area contributed by atoms with E-state index in [1.165, 1.54) is 6.42 Å². The van der Waals surface area contributed by atoms with Crippen LogP contribution in [0.15, 0.2) is 43.0 Å². The van der Waals surface area contributed by atoms with Crippen molar-refractivity contribution in [3.05, 3.63) is 59.8 Å². The molecule has 3 aromatic rings. The first-order valence-electron chi connectivity index (χ1n) is 8.47. The van der Waals surface area contributed by atoms with Crippen molar-refractivity contribution in [3.63, 3.8) is 0 Å². The minimum atomic E-state index is -0.276. The number of aromatic nitrogens is 4. The van der Waals surface area contributed by atoms with E-state index in [-0.39, 0.29) is 6.03 Å². The number of benzene rings is 1. The van der Waals surface area contributed by atoms with Crippen LogP contribution in [0.3, 0.4) is 0 Å². The zero-order chi connectivity index (χ0) is 17.1. The normalized spacial score (nSPS) is 13.3. The minimum Gasteiger partial charge on any atom is -0.333 e. The molecule has 0 spiro atoms. The van der Waals surface area contributed by atoms with E-state index in [0.717, 1.165) is 48.3 Å². The van der Waals surface area contributed by atoms with Gasteiger partial charge in [0.05, 0.1) is 6.33 Å². The number of anilines is 2. The van der Waals surface area contributed by atoms with Crippen LogP contribution >= 0.6 is 0 Å². The van der Waals surface area contributed by atoms with Crippen molar-refractivity contribution in [1.82, 2.24) is 19.7 Å². The predicted molar refractivity (Wildman–Crippen MR) is 95.6 cm³/mol. The summed E-state index contributed by atoms with van der Waals surface area (Å²) >= 11 is 0. The molecule has 1 aliphatic rings. The topological polar surface area (TPSA) is 87.6 Å². The van der Waals surface area contributed by atoms with Gasteiger partial charge in [0, 0.05) is 35.9 Å². The molecule has 4 rings (SSSR count). The summed E-state index contributed by atoms with van der Waals surface area (Å²) in [6.07, 6.45) is 9.74. The number of nitrogens with one attached hydrogen (secondary N) is 3. The summed E-state index contributed by atoms with van der Waals surface area (Å²) < 4.78 is 2.00. The van der Waals surface area contributed by atoms with E-state index >= 15 is 0 Å². The fourth-order valence-electron chi connectivity index (χ4n) is 3.14. The number of amides is 2. The fourth-order valence-corrected chi connectivity index (χ4v) is 3.14. The third-order valence-corrected chi connectivity index (χ3v) is 4.42. The summed E-state index contributed by atoms with van der Waals surface area (Å²) in [7, 11) is 0. The fraction of sp³-hybridized carbons (Fsp3) is 0.278. The number of nitrogens with zero attached hydrogens (tertiary/aromatic N) is 3. The number of urea groups is 1. The average Bonchev–Trinajstić information content (AvgIpc) is 3.27. The molecule has 0 saturated carbocycles. The van der Waals surface area contributed by atoms with Gasteiger partial charge < -0.3 is 9.88 Å². The summed E-state index contributed by atoms with van der Waals surface area (Å²) in [6, 6.07) is 7.50. The first-order valence-corrected chi connectivity index (χ1v) is 8.47. The van der Waals surface area contributed by atoms with Crippen molar-refractivity contribution in [2.45, 2.75) is 32.2 Å². The van der Waals surface area contributed by atoms with Crippen molar-refractivity contribution < 1.29 is 4.79 Å². The summed E-state index contributed by atoms with van der Waals surface area (Å²) in [5, 5.41) is 12.9. The monoisotopic (exact) mass is 336 g/mol. The average molecular weight is 336 g/mol. The lowest BCUT2D eigenvalue weighted by molar-refractivity contribution is 0.262. The summed E-state index contributed by atoms with van der Waals surface area (Å²) in [5.41, 5.74) is 4.17. The van der Waals surface area contributed by atoms with Crippen LogP contribution in [-0.2, 0) is 19.4 Å². The molecule has 1 aromatic carbocycles. The SMILES string of the molecule is O=C(Nc1ccc(Cn2ccnc2)cc1)Nc1n[nH]c2c1CCCC2. The molecule has 0 atom stereocenters. The number of hydrogen-bond acceptors (Lipinski definition) is 3. The van der Waals surface area contributed by atoms with Crippen LogP contribution in [0.1, 0.15) is 29.7 Å². The summed E-state index contributed by atoms with van der Waals surface area (Å²) in [4.78, 5) is 16.2. The van der Waals surface area contributed by atoms with Crippen LogP contribution < -0.4 is 10.6 Å². The quantitative estimate of drug-likeness (QED) is 0.684. The predicted octanol–water partition coefficient (Wildman–Crippen LogP) is 3.18. The number of aryl methyl sites for hydroxylation is 1. The van der Waals surface area contributed by atoms with Gasteiger partial charge in [-0.2, -0.15) is 5.10 Å². The third kappa shape index (κ3) is 3.55. The molecule has 0 aliphatic heterocycles. The molecule has 0 unspecified atom stereocenters. The molecule has 0 fully saturated rings. The standard InChI is InChI=1S/C18H20N6O/c25-18(21-17-15-3-1-2-4-16(15)22-23-17)20-14-7-5-13(6-8-14)11-24-10-9-19-12-24/h5-10,12H,1-4,11H2,(H3,20,21,22,23,25). The van der Waals surface area contributed by atoms with Gasteiger partial charge >= 0.3 is 6.03 Å². The highest BCUT2D eigenvalue weighted by atomic mass is 16.2. The van der Waals surface area contributed by atoms with E-state index in [0.29, 0.717) is 5.82 Å². The number of carbonyl (C=O) groups is 1. The second kappa shape index (κ2) is 6.80. The maximum atomic E-state index is 12.2. The van der Waals surface area contributed by atoms with Crippen LogP contribution in [0, 0.1) is 0 Å². The second-order valence-electron chi connectivity index (χ2n) is 6.25. The number of aromatic amines is 1. The molecule has 1 aliphatic carbocycles. The van der Waals surface area contributed by atoms with Crippen LogP contribution in [-0.4, -0.2) is 25.8 Å². The van der Waals surface area contributed by atoms with Crippen molar-refractivity contribution in [2.24, 2.45) is 0 Å². The molecular formula is C18H20N6O. The molecule has 2 aromatic heterocycles. The Balaban J connectivity index is 1.37. The van der Waals surface area contributed by atoms with Gasteiger partial charge in [-0.25, -0.2) is 9.78 Å². The van der Waals surface area contributed by atoms with Gasteiger partial charge in [0.15, 0.2) is 5.82 Å². The number of rotatable bonds is 4. The van der Waals surface area contributed by atoms with Crippen molar-refractivity contribution in [3.8, 4) is 0 Å². The summed E-state index contributed by atoms with van der Waals surface area (Å²) in [6.45, 7) is 0.756. The Morgan fingerprint density at radius 3 is 2.80 bits per heavy atom. The lowest BCUT2D eigenvalue weighted by atomic mass is 9.98. The highest BCUT2D eigenvalue weighted by molar-refractivity contribution is 5.99. The smallest absolute Gasteiger partial charge is 0.324 e. The van der Waals surface area contributed by atoms with E-state index in [9.17, 15) is 4.79 Å². The molecule has 3 N–H and O–H groups in total. The molecule has 0 bridgehead atoms. The Hall–Kier alpha value is -3.09. The van der Waals surface area contributed by atoms with Gasteiger partial charge in [0.25, 0.3) is 0 Å². The van der Waals surface area contributed by atoms with Crippen LogP contribution in [0.5, 0.6) is 0 Å². The second-order valence-corrected chi connectivity index (χ2v) is 6.25. The van der Waals surface area contributed by atoms with Crippen LogP contribution in [0.25, 0.3) is 0 Å². The van der Waals surface area contributed by atoms with E-state index in [2.05, 4.69) is 25.8 Å². The highest BCUT2D eigenvalue weighted by Crippen LogP contribution is 2.25. The molecular weight excluding hydrogens is 316 g/mol. The van der Waals surface area contributed by atoms with Gasteiger partial charge in [-0.15, -0.1) is 0 Å². The Kier molecular flexibility index (Phi) is 4.20. The number of fused-ring (bicyclic) bond motifs is 1. The molecule has 7 nitrogen and oxygen atoms in total. The zero-order valence-corrected chi connectivity index (χ0v) is 13.8. The van der Waals surface area contributed by atoms with E-state index < -0.39 is 0 Å². The number of hydrogen-bond donors (Lipinski definition) is 3. The third-order valence-electron chi connectivity index (χ3n) is 4.42. The number of carbonyl (C=O) groups excluding carboxylic acids is 1. The van der Waals surface area contributed by atoms with Gasteiger partial charge in [-0.05, 0) is 43.4 Å². The van der Waals surface area contributed by atoms with Crippen molar-refractivity contribution >= 4 is 17.5 Å². The molecule has 25 heavy (non-hydrogen) atoms. The Bertz CT molecular complexity index is 850. The Morgan fingerprint density at radius 2 is 2.00 bits per heavy atom. The van der Waals surface area contributed by atoms with E-state index in [1.807, 2.05) is 35.0 Å². The number of imidazole rings is 1. The molecule has 7 heteroatoms. The lowest BCUT2D eigenvalue weighted by Gasteiger charge is -2.12. The maximum Gasteiger partial charge on any atom is 0.324 e. The minimum absolute atomic E-state index is 0.276. The first kappa shape index (κ1) is 15.4. The van der Waals surface area contributed by atoms with Crippen LogP contribution in [0.4, 0.5) is 16.3 Å². The lowest BCUT2D eigenvalue weighted by Crippen LogP contribution is -2.20. The van der Waals surface area contributed by atoms with Crippen molar-refractivity contribution in [1.29, 1.82) is 0 Å². The first-order chi connectivity index (χ1) is 12.3. The Labute approximate surface area is 145 Å². The van der Waals surface area contributed by atoms with Gasteiger partial charge in [0.1, 0.15) is 0 Å². The molecule has 128 valence electrons. The van der Waals surface area contributed by atoms with E-state index in [4.69, 9.17) is 0 Å². The molecule has 2 amide bonds. The van der Waals surface area contributed by atoms with Crippen molar-refractivity contribution in [2.75, 3.05) is 10.6 Å². The van der Waals surface area contributed by atoms with Gasteiger partial charge in [0.2, 0.25) is 0 Å². The molecule has 2 heterocycles. The van der Waals surface area contributed by atoms with Gasteiger partial charge in [-0.1, -0.05) is 12.1 Å². The Morgan fingerprint density at radius 1 is 1.16 bits per heavy atom. The zero-order valence-electron chi connectivity index (χ0n) is 13.8. The molecule has 0 radical (unpaired) electrons. The highest BCUT2D eigenvalue weighted by Gasteiger charge is 2.18. The molecule has 0 saturated heterocycles. The van der Waals surface area contributed by atoms with E-state index in [1.54, 1.807) is 12.5 Å². The van der Waals surface area contributed by atoms with Gasteiger partial charge in [-0.3, -0.25) is 10.4 Å². The summed E-state index contributed by atoms with van der Waals surface area (Å²) in [5.74, 6) is 0.643. The van der Waals surface area contributed by atoms with Crippen LogP contribution in [0.2, 0.25) is 0 Å². The maximum absolute atomic E-state index is 12.2. The largest absolute Gasteiger partial charge is 0.333 e.